The smallest absolute Gasteiger partial charge is 0.240 e. The molecule has 0 unspecified atom stereocenters. The van der Waals surface area contributed by atoms with Crippen LogP contribution in [0.25, 0.3) is 0 Å². The van der Waals surface area contributed by atoms with Gasteiger partial charge in [-0.25, -0.2) is 18.1 Å². The Bertz CT molecular complexity index is 823. The van der Waals surface area contributed by atoms with Crippen LogP contribution in [-0.4, -0.2) is 46.5 Å². The minimum atomic E-state index is -3.49. The van der Waals surface area contributed by atoms with E-state index in [0.29, 0.717) is 19.0 Å². The molecule has 0 aliphatic rings. The first-order valence-electron chi connectivity index (χ1n) is 8.44. The van der Waals surface area contributed by atoms with E-state index in [9.17, 15) is 8.42 Å². The van der Waals surface area contributed by atoms with Crippen molar-refractivity contribution in [3.8, 4) is 0 Å². The zero-order chi connectivity index (χ0) is 19.0. The van der Waals surface area contributed by atoms with Crippen molar-refractivity contribution in [2.75, 3.05) is 27.2 Å². The first-order valence-corrected chi connectivity index (χ1v) is 9.93. The Morgan fingerprint density at radius 3 is 2.22 bits per heavy atom. The molecule has 0 heterocycles. The number of aryl methyl sites for hydroxylation is 1. The van der Waals surface area contributed by atoms with E-state index in [1.807, 2.05) is 56.3 Å². The van der Waals surface area contributed by atoms with Crippen molar-refractivity contribution in [2.45, 2.75) is 18.4 Å². The second-order valence-electron chi connectivity index (χ2n) is 6.16. The monoisotopic (exact) mass is 502 g/mol. The van der Waals surface area contributed by atoms with Crippen molar-refractivity contribution >= 4 is 40.0 Å². The molecule has 0 atom stereocenters. The summed E-state index contributed by atoms with van der Waals surface area (Å²) in [6, 6.07) is 16.8. The predicted molar refractivity (Wildman–Crippen MR) is 121 cm³/mol. The second-order valence-corrected chi connectivity index (χ2v) is 7.92. The van der Waals surface area contributed by atoms with E-state index in [-0.39, 0.29) is 35.4 Å². The van der Waals surface area contributed by atoms with Crippen LogP contribution in [0.2, 0.25) is 0 Å². The third kappa shape index (κ3) is 7.86. The first kappa shape index (κ1) is 23.4. The molecule has 0 saturated heterocycles. The van der Waals surface area contributed by atoms with Gasteiger partial charge in [-0.2, -0.15) is 0 Å². The maximum Gasteiger partial charge on any atom is 0.240 e. The number of nitrogens with one attached hydrogen (secondary N) is 2. The van der Waals surface area contributed by atoms with Crippen LogP contribution in [0.1, 0.15) is 11.1 Å². The summed E-state index contributed by atoms with van der Waals surface area (Å²) in [6.45, 7) is 3.20. The van der Waals surface area contributed by atoms with Gasteiger partial charge in [-0.3, -0.25) is 0 Å². The van der Waals surface area contributed by atoms with Gasteiger partial charge in [0.1, 0.15) is 0 Å². The Labute approximate surface area is 179 Å². The largest absolute Gasteiger partial charge is 0.355 e. The number of aliphatic imine (C=N–C) groups is 1. The number of guanidine groups is 1. The van der Waals surface area contributed by atoms with Crippen LogP contribution < -0.4 is 10.0 Å². The average Bonchev–Trinajstić information content (AvgIpc) is 2.62. The number of benzene rings is 2. The summed E-state index contributed by atoms with van der Waals surface area (Å²) in [6.07, 6.45) is 0. The fourth-order valence-electron chi connectivity index (χ4n) is 2.27. The van der Waals surface area contributed by atoms with Gasteiger partial charge >= 0.3 is 0 Å². The van der Waals surface area contributed by atoms with E-state index < -0.39 is 10.0 Å². The highest BCUT2D eigenvalue weighted by Gasteiger charge is 2.12. The van der Waals surface area contributed by atoms with E-state index in [0.717, 1.165) is 11.1 Å². The average molecular weight is 502 g/mol. The highest BCUT2D eigenvalue weighted by Crippen LogP contribution is 2.09. The maximum atomic E-state index is 12.3. The number of hydrogen-bond donors (Lipinski definition) is 2. The third-order valence-corrected chi connectivity index (χ3v) is 5.19. The van der Waals surface area contributed by atoms with E-state index in [1.165, 1.54) is 0 Å². The molecule has 0 fully saturated rings. The summed E-state index contributed by atoms with van der Waals surface area (Å²) in [7, 11) is 0.298. The lowest BCUT2D eigenvalue weighted by atomic mass is 10.2. The SMILES string of the molecule is Cc1ccc(S(=O)(=O)NCCNC(=NCc2ccccc2)N(C)C)cc1.I. The van der Waals surface area contributed by atoms with Gasteiger partial charge in [-0.15, -0.1) is 24.0 Å². The fourth-order valence-corrected chi connectivity index (χ4v) is 3.30. The molecule has 2 N–H and O–H groups in total. The molecule has 8 heteroatoms. The lowest BCUT2D eigenvalue weighted by Gasteiger charge is -2.18. The van der Waals surface area contributed by atoms with Gasteiger partial charge in [0.05, 0.1) is 11.4 Å². The molecular weight excluding hydrogens is 475 g/mol. The standard InChI is InChI=1S/C19H26N4O2S.HI/c1-16-9-11-18(12-10-16)26(24,25)22-14-13-20-19(23(2)3)21-15-17-7-5-4-6-8-17;/h4-12,22H,13-15H2,1-3H3,(H,20,21);1H. The van der Waals surface area contributed by atoms with Gasteiger partial charge in [-0.05, 0) is 24.6 Å². The third-order valence-electron chi connectivity index (χ3n) is 3.71. The highest BCUT2D eigenvalue weighted by molar-refractivity contribution is 14.0. The van der Waals surface area contributed by atoms with Crippen molar-refractivity contribution in [3.63, 3.8) is 0 Å². The molecule has 0 aliphatic carbocycles. The summed E-state index contributed by atoms with van der Waals surface area (Å²) in [5.41, 5.74) is 2.14. The summed E-state index contributed by atoms with van der Waals surface area (Å²) in [4.78, 5) is 6.69. The van der Waals surface area contributed by atoms with Gasteiger partial charge in [0.25, 0.3) is 0 Å². The van der Waals surface area contributed by atoms with Gasteiger partial charge in [0.2, 0.25) is 10.0 Å². The molecule has 0 bridgehead atoms. The van der Waals surface area contributed by atoms with Crippen LogP contribution in [-0.2, 0) is 16.6 Å². The molecule has 0 amide bonds. The molecule has 0 aromatic heterocycles. The van der Waals surface area contributed by atoms with Crippen LogP contribution in [0.3, 0.4) is 0 Å². The quantitative estimate of drug-likeness (QED) is 0.264. The van der Waals surface area contributed by atoms with Crippen molar-refractivity contribution in [2.24, 2.45) is 4.99 Å². The van der Waals surface area contributed by atoms with E-state index in [4.69, 9.17) is 0 Å². The van der Waals surface area contributed by atoms with Crippen LogP contribution in [0, 0.1) is 6.92 Å². The summed E-state index contributed by atoms with van der Waals surface area (Å²) < 4.78 is 27.1. The molecule has 0 saturated carbocycles. The number of sulfonamides is 1. The Morgan fingerprint density at radius 2 is 1.63 bits per heavy atom. The summed E-state index contributed by atoms with van der Waals surface area (Å²) in [5, 5.41) is 3.17. The first-order chi connectivity index (χ1) is 12.4. The Kier molecular flexibility index (Phi) is 9.75. The maximum absolute atomic E-state index is 12.3. The molecule has 2 rings (SSSR count). The van der Waals surface area contributed by atoms with Crippen molar-refractivity contribution in [1.29, 1.82) is 0 Å². The second kappa shape index (κ2) is 11.3. The Balaban J connectivity index is 0.00000364. The van der Waals surface area contributed by atoms with Gasteiger partial charge in [0.15, 0.2) is 5.96 Å². The molecule has 6 nitrogen and oxygen atoms in total. The van der Waals surface area contributed by atoms with Crippen molar-refractivity contribution < 1.29 is 8.42 Å². The van der Waals surface area contributed by atoms with E-state index >= 15 is 0 Å². The molecule has 148 valence electrons. The minimum Gasteiger partial charge on any atom is -0.355 e. The van der Waals surface area contributed by atoms with Gasteiger partial charge in [0, 0.05) is 27.2 Å². The van der Waals surface area contributed by atoms with Crippen LogP contribution in [0.5, 0.6) is 0 Å². The van der Waals surface area contributed by atoms with Crippen LogP contribution in [0.15, 0.2) is 64.5 Å². The highest BCUT2D eigenvalue weighted by atomic mass is 127. The fraction of sp³-hybridized carbons (Fsp3) is 0.316. The zero-order valence-electron chi connectivity index (χ0n) is 15.8. The molecule has 27 heavy (non-hydrogen) atoms. The topological polar surface area (TPSA) is 73.8 Å². The van der Waals surface area contributed by atoms with Crippen molar-refractivity contribution in [3.05, 3.63) is 65.7 Å². The number of rotatable bonds is 7. The predicted octanol–water partition coefficient (Wildman–Crippen LogP) is 2.60. The lowest BCUT2D eigenvalue weighted by molar-refractivity contribution is 0.567. The van der Waals surface area contributed by atoms with Gasteiger partial charge < -0.3 is 10.2 Å². The van der Waals surface area contributed by atoms with Crippen molar-refractivity contribution in [1.82, 2.24) is 14.9 Å². The van der Waals surface area contributed by atoms with Gasteiger partial charge in [-0.1, -0.05) is 48.0 Å². The zero-order valence-corrected chi connectivity index (χ0v) is 19.0. The van der Waals surface area contributed by atoms with Crippen LogP contribution in [0.4, 0.5) is 0 Å². The Hall–Kier alpha value is -1.65. The van der Waals surface area contributed by atoms with E-state index in [1.54, 1.807) is 24.3 Å². The lowest BCUT2D eigenvalue weighted by Crippen LogP contribution is -2.41. The summed E-state index contributed by atoms with van der Waals surface area (Å²) >= 11 is 0. The minimum absolute atomic E-state index is 0. The van der Waals surface area contributed by atoms with E-state index in [2.05, 4.69) is 15.0 Å². The molecule has 2 aromatic carbocycles. The number of hydrogen-bond acceptors (Lipinski definition) is 3. The molecule has 2 aromatic rings. The molecule has 0 spiro atoms. The Morgan fingerprint density at radius 1 is 1.00 bits per heavy atom. The molecular formula is C19H27IN4O2S. The number of nitrogens with zero attached hydrogens (tertiary/aromatic N) is 2. The normalized spacial score (nSPS) is 11.6. The van der Waals surface area contributed by atoms with Crippen LogP contribution >= 0.6 is 24.0 Å². The number of halogens is 1. The molecule has 0 aliphatic heterocycles. The molecule has 0 radical (unpaired) electrons. The summed E-state index contributed by atoms with van der Waals surface area (Å²) in [5.74, 6) is 0.711.